The molecule has 2 heterocycles. The topological polar surface area (TPSA) is 95.8 Å². The third kappa shape index (κ3) is 10.5. The lowest BCUT2D eigenvalue weighted by atomic mass is 10.3. The van der Waals surface area contributed by atoms with Crippen LogP contribution in [0.3, 0.4) is 0 Å². The maximum Gasteiger partial charge on any atom is 0.330 e. The van der Waals surface area contributed by atoms with Crippen molar-refractivity contribution >= 4 is 67.7 Å². The molecular weight excluding hydrogens is 541 g/mol. The average Bonchev–Trinajstić information content (AvgIpc) is 3.62. The molecule has 2 unspecified atom stereocenters. The van der Waals surface area contributed by atoms with E-state index >= 15 is 0 Å². The molecule has 0 saturated carbocycles. The lowest BCUT2D eigenvalue weighted by Gasteiger charge is -2.19. The van der Waals surface area contributed by atoms with Gasteiger partial charge < -0.3 is 18.9 Å². The highest BCUT2D eigenvalue weighted by molar-refractivity contribution is 8.39. The quantitative estimate of drug-likeness (QED) is 0.239. The Morgan fingerprint density at radius 2 is 1.36 bits per heavy atom. The van der Waals surface area contributed by atoms with Gasteiger partial charge in [-0.05, 0) is 12.1 Å². The van der Waals surface area contributed by atoms with E-state index in [0.717, 1.165) is 45.5 Å². The highest BCUT2D eigenvalue weighted by atomic mass is 32.2. The fourth-order valence-corrected chi connectivity index (χ4v) is 6.83. The van der Waals surface area contributed by atoms with E-state index in [2.05, 4.69) is 23.1 Å². The van der Waals surface area contributed by atoms with Crippen molar-refractivity contribution in [3.05, 3.63) is 49.6 Å². The summed E-state index contributed by atoms with van der Waals surface area (Å²) in [6.07, 6.45) is 1.34. The van der Waals surface area contributed by atoms with Crippen LogP contribution in [-0.2, 0) is 19.1 Å². The second-order valence-corrected chi connectivity index (χ2v) is 11.9. The van der Waals surface area contributed by atoms with Crippen LogP contribution in [0.1, 0.15) is 0 Å². The second-order valence-electron chi connectivity index (χ2n) is 7.24. The molecule has 0 saturated heterocycles. The number of esters is 2. The molecule has 12 heteroatoms. The van der Waals surface area contributed by atoms with Gasteiger partial charge in [-0.25, -0.2) is 9.59 Å². The first-order valence-corrected chi connectivity index (χ1v) is 15.1. The van der Waals surface area contributed by atoms with E-state index in [1.807, 2.05) is 0 Å². The molecular formula is C24H28N2O6S4. The first-order valence-electron chi connectivity index (χ1n) is 11.2. The van der Waals surface area contributed by atoms with Crippen molar-refractivity contribution in [3.8, 4) is 11.5 Å². The van der Waals surface area contributed by atoms with E-state index in [1.165, 1.54) is 0 Å². The molecule has 0 radical (unpaired) electrons. The zero-order chi connectivity index (χ0) is 25.6. The molecule has 0 bridgehead atoms. The second kappa shape index (κ2) is 16.0. The van der Waals surface area contributed by atoms with Gasteiger partial charge in [0, 0.05) is 41.2 Å². The smallest absolute Gasteiger partial charge is 0.330 e. The third-order valence-electron chi connectivity index (χ3n) is 4.48. The van der Waals surface area contributed by atoms with E-state index in [1.54, 1.807) is 71.3 Å². The standard InChI is InChI=1S/C24H28N2O6S4/c1-3-21(27)31-19(15-35-23-25-8-10-33-23)13-29-17-6-5-7-18(12-17)30-14-20(32-22(28)4-2)16-36-24-26-9-11-34-24/h3-7,12,19-20H,1-2,8-11,13-16H2. The normalized spacial score (nSPS) is 16.3. The number of nitrogens with zero attached hydrogens (tertiary/aromatic N) is 2. The van der Waals surface area contributed by atoms with Crippen molar-refractivity contribution in [3.63, 3.8) is 0 Å². The molecule has 2 atom stereocenters. The first-order chi connectivity index (χ1) is 17.6. The Balaban J connectivity index is 1.52. The van der Waals surface area contributed by atoms with Crippen LogP contribution in [0.5, 0.6) is 11.5 Å². The molecule has 0 N–H and O–H groups in total. The van der Waals surface area contributed by atoms with Crippen LogP contribution >= 0.6 is 47.0 Å². The molecule has 194 valence electrons. The molecule has 2 aliphatic heterocycles. The molecule has 3 rings (SSSR count). The average molecular weight is 569 g/mol. The molecule has 0 amide bonds. The fourth-order valence-electron chi connectivity index (χ4n) is 2.82. The van der Waals surface area contributed by atoms with Gasteiger partial charge >= 0.3 is 11.9 Å². The van der Waals surface area contributed by atoms with E-state index < -0.39 is 24.1 Å². The summed E-state index contributed by atoms with van der Waals surface area (Å²) in [5.41, 5.74) is 0. The summed E-state index contributed by atoms with van der Waals surface area (Å²) in [6, 6.07) is 7.14. The summed E-state index contributed by atoms with van der Waals surface area (Å²) in [5, 5.41) is 0. The van der Waals surface area contributed by atoms with Gasteiger partial charge in [0.2, 0.25) is 0 Å². The van der Waals surface area contributed by atoms with Crippen LogP contribution in [0.25, 0.3) is 0 Å². The van der Waals surface area contributed by atoms with Crippen LogP contribution in [0, 0.1) is 0 Å². The first kappa shape index (κ1) is 28.5. The highest BCUT2D eigenvalue weighted by Crippen LogP contribution is 2.26. The molecule has 0 aliphatic carbocycles. The van der Waals surface area contributed by atoms with Gasteiger partial charge in [-0.3, -0.25) is 9.98 Å². The number of rotatable bonds is 14. The van der Waals surface area contributed by atoms with Crippen LogP contribution in [0.4, 0.5) is 0 Å². The largest absolute Gasteiger partial charge is 0.490 e. The third-order valence-corrected chi connectivity index (χ3v) is 9.25. The Kier molecular flexibility index (Phi) is 12.7. The maximum absolute atomic E-state index is 11.8. The van der Waals surface area contributed by atoms with Crippen molar-refractivity contribution in [1.82, 2.24) is 0 Å². The SMILES string of the molecule is C=CC(=O)OC(COc1cccc(OCC(CSC2=NCCS2)OC(=O)C=C)c1)CSC1=NCCS1. The van der Waals surface area contributed by atoms with Crippen LogP contribution in [0.2, 0.25) is 0 Å². The van der Waals surface area contributed by atoms with Crippen LogP contribution in [0.15, 0.2) is 59.6 Å². The number of hydrogen-bond acceptors (Lipinski definition) is 12. The summed E-state index contributed by atoms with van der Waals surface area (Å²) in [4.78, 5) is 32.3. The Labute approximate surface area is 228 Å². The van der Waals surface area contributed by atoms with Crippen molar-refractivity contribution in [2.24, 2.45) is 9.98 Å². The minimum atomic E-state index is -0.498. The molecule has 0 fully saturated rings. The van der Waals surface area contributed by atoms with E-state index in [-0.39, 0.29) is 13.2 Å². The van der Waals surface area contributed by atoms with Gasteiger partial charge in [0.1, 0.15) is 45.7 Å². The number of hydrogen-bond donors (Lipinski definition) is 0. The minimum absolute atomic E-state index is 0.171. The van der Waals surface area contributed by atoms with Gasteiger partial charge in [-0.15, -0.1) is 0 Å². The summed E-state index contributed by atoms with van der Waals surface area (Å²) in [5.74, 6) is 3.14. The Morgan fingerprint density at radius 3 is 1.75 bits per heavy atom. The summed E-state index contributed by atoms with van der Waals surface area (Å²) in [6.45, 7) is 8.89. The summed E-state index contributed by atoms with van der Waals surface area (Å²) in [7, 11) is 0. The molecule has 1 aromatic carbocycles. The predicted molar refractivity (Wildman–Crippen MR) is 152 cm³/mol. The van der Waals surface area contributed by atoms with Gasteiger partial charge in [-0.1, -0.05) is 66.3 Å². The van der Waals surface area contributed by atoms with E-state index in [9.17, 15) is 9.59 Å². The van der Waals surface area contributed by atoms with Crippen molar-refractivity contribution < 1.29 is 28.5 Å². The van der Waals surface area contributed by atoms with Gasteiger partial charge in [0.25, 0.3) is 0 Å². The number of aliphatic imine (C=N–C) groups is 2. The molecule has 0 spiro atoms. The van der Waals surface area contributed by atoms with Crippen LogP contribution < -0.4 is 9.47 Å². The predicted octanol–water partition coefficient (Wildman–Crippen LogP) is 4.31. The van der Waals surface area contributed by atoms with E-state index in [0.29, 0.717) is 23.0 Å². The van der Waals surface area contributed by atoms with Gasteiger partial charge in [0.05, 0.1) is 13.1 Å². The number of ether oxygens (including phenoxy) is 4. The van der Waals surface area contributed by atoms with Crippen molar-refractivity contribution in [2.75, 3.05) is 49.3 Å². The number of carbonyl (C=O) groups excluding carboxylic acids is 2. The zero-order valence-corrected chi connectivity index (χ0v) is 22.9. The lowest BCUT2D eigenvalue weighted by molar-refractivity contribution is -0.144. The van der Waals surface area contributed by atoms with Gasteiger partial charge in [0.15, 0.2) is 0 Å². The van der Waals surface area contributed by atoms with Crippen LogP contribution in [-0.4, -0.2) is 82.2 Å². The van der Waals surface area contributed by atoms with E-state index in [4.69, 9.17) is 18.9 Å². The molecule has 36 heavy (non-hydrogen) atoms. The Morgan fingerprint density at radius 1 is 0.889 bits per heavy atom. The number of carbonyl (C=O) groups is 2. The molecule has 0 aromatic heterocycles. The molecule has 1 aromatic rings. The number of thioether (sulfide) groups is 4. The van der Waals surface area contributed by atoms with Crippen molar-refractivity contribution in [2.45, 2.75) is 12.2 Å². The van der Waals surface area contributed by atoms with Gasteiger partial charge in [-0.2, -0.15) is 0 Å². The molecule has 2 aliphatic rings. The summed E-state index contributed by atoms with van der Waals surface area (Å²) < 4.78 is 24.7. The Hall–Kier alpha value is -2.02. The highest BCUT2D eigenvalue weighted by Gasteiger charge is 2.19. The Bertz CT molecular complexity index is 914. The zero-order valence-electron chi connectivity index (χ0n) is 19.7. The lowest BCUT2D eigenvalue weighted by Crippen LogP contribution is -2.27. The minimum Gasteiger partial charge on any atom is -0.490 e. The summed E-state index contributed by atoms with van der Waals surface area (Å²) >= 11 is 6.50. The number of benzene rings is 1. The maximum atomic E-state index is 11.8. The monoisotopic (exact) mass is 568 g/mol. The van der Waals surface area contributed by atoms with Crippen molar-refractivity contribution in [1.29, 1.82) is 0 Å². The molecule has 8 nitrogen and oxygen atoms in total. The fraction of sp³-hybridized carbons (Fsp3) is 0.417.